The van der Waals surface area contributed by atoms with Crippen molar-refractivity contribution in [2.45, 2.75) is 83.7 Å². The lowest BCUT2D eigenvalue weighted by atomic mass is 9.23. The molecule has 18 heavy (non-hydrogen) atoms. The molecular formula is C15H27BO2. The van der Waals surface area contributed by atoms with Crippen LogP contribution in [-0.2, 0) is 9.31 Å². The maximum atomic E-state index is 6.24. The molecule has 2 bridgehead atoms. The third-order valence-electron chi connectivity index (χ3n) is 5.78. The molecule has 3 heteroatoms. The second kappa shape index (κ2) is 3.35. The first-order chi connectivity index (χ1) is 8.10. The third kappa shape index (κ3) is 1.56. The molecule has 1 saturated heterocycles. The minimum Gasteiger partial charge on any atom is -0.403 e. The van der Waals surface area contributed by atoms with E-state index in [0.29, 0.717) is 10.7 Å². The zero-order chi connectivity index (χ0) is 13.4. The molecule has 4 fully saturated rings. The predicted molar refractivity (Wildman–Crippen MR) is 74.5 cm³/mol. The first-order valence-corrected chi connectivity index (χ1v) is 7.46. The summed E-state index contributed by atoms with van der Waals surface area (Å²) in [5.41, 5.74) is 0.314. The summed E-state index contributed by atoms with van der Waals surface area (Å²) in [5.74, 6) is 0.821. The Morgan fingerprint density at radius 2 is 1.39 bits per heavy atom. The Morgan fingerprint density at radius 1 is 0.944 bits per heavy atom. The average Bonchev–Trinajstić information content (AvgIpc) is 2.25. The molecular weight excluding hydrogens is 223 g/mol. The summed E-state index contributed by atoms with van der Waals surface area (Å²) in [5, 5.41) is 0.361. The van der Waals surface area contributed by atoms with Gasteiger partial charge in [0.2, 0.25) is 0 Å². The van der Waals surface area contributed by atoms with Gasteiger partial charge in [-0.25, -0.2) is 0 Å². The van der Waals surface area contributed by atoms with Crippen LogP contribution in [0.3, 0.4) is 0 Å². The Bertz CT molecular complexity index is 337. The standard InChI is InChI=1S/C15H27BO2/c1-11(2)7-14-8-15(9-14,10-14)16-17-12(3,4)13(5,6)18-16/h11H,7-10H2,1-6H3. The van der Waals surface area contributed by atoms with Crippen molar-refractivity contribution in [1.82, 2.24) is 0 Å². The normalized spacial score (nSPS) is 43.8. The van der Waals surface area contributed by atoms with E-state index in [9.17, 15) is 0 Å². The molecule has 0 atom stereocenters. The van der Waals surface area contributed by atoms with Gasteiger partial charge in [0.25, 0.3) is 0 Å². The zero-order valence-corrected chi connectivity index (χ0v) is 12.8. The van der Waals surface area contributed by atoms with E-state index < -0.39 is 0 Å². The quantitative estimate of drug-likeness (QED) is 0.703. The van der Waals surface area contributed by atoms with Gasteiger partial charge in [0.1, 0.15) is 0 Å². The highest BCUT2D eigenvalue weighted by Gasteiger charge is 2.75. The van der Waals surface area contributed by atoms with Crippen LogP contribution in [0.1, 0.15) is 67.2 Å². The molecule has 1 heterocycles. The third-order valence-corrected chi connectivity index (χ3v) is 5.78. The van der Waals surface area contributed by atoms with Crippen LogP contribution in [0.4, 0.5) is 0 Å². The molecule has 1 aliphatic heterocycles. The fourth-order valence-corrected chi connectivity index (χ4v) is 4.51. The van der Waals surface area contributed by atoms with E-state index in [4.69, 9.17) is 9.31 Å². The van der Waals surface area contributed by atoms with Gasteiger partial charge in [0, 0.05) is 5.31 Å². The molecule has 0 amide bonds. The van der Waals surface area contributed by atoms with Crippen molar-refractivity contribution in [3.8, 4) is 0 Å². The first-order valence-electron chi connectivity index (χ1n) is 7.46. The Morgan fingerprint density at radius 3 is 1.78 bits per heavy atom. The lowest BCUT2D eigenvalue weighted by molar-refractivity contribution is -0.122. The van der Waals surface area contributed by atoms with Crippen molar-refractivity contribution < 1.29 is 9.31 Å². The van der Waals surface area contributed by atoms with Crippen LogP contribution in [0.5, 0.6) is 0 Å². The molecule has 0 aromatic heterocycles. The molecule has 4 aliphatic rings. The second-order valence-electron chi connectivity index (χ2n) is 8.58. The summed E-state index contributed by atoms with van der Waals surface area (Å²) >= 11 is 0. The SMILES string of the molecule is CC(C)CC12CC(B3OC(C)(C)C(C)(C)O3)(C1)C2. The van der Waals surface area contributed by atoms with Crippen LogP contribution >= 0.6 is 0 Å². The van der Waals surface area contributed by atoms with Crippen molar-refractivity contribution in [2.75, 3.05) is 0 Å². The molecule has 0 aromatic rings. The number of hydrogen-bond acceptors (Lipinski definition) is 2. The Labute approximate surface area is 112 Å². The maximum absolute atomic E-state index is 6.24. The molecule has 3 saturated carbocycles. The largest absolute Gasteiger partial charge is 0.464 e. The van der Waals surface area contributed by atoms with Gasteiger partial charge < -0.3 is 9.31 Å². The minimum atomic E-state index is -0.168. The van der Waals surface area contributed by atoms with Crippen molar-refractivity contribution in [2.24, 2.45) is 11.3 Å². The topological polar surface area (TPSA) is 18.5 Å². The average molecular weight is 250 g/mol. The van der Waals surface area contributed by atoms with E-state index in [2.05, 4.69) is 41.5 Å². The highest BCUT2D eigenvalue weighted by atomic mass is 16.7. The molecule has 0 spiro atoms. The van der Waals surface area contributed by atoms with Gasteiger partial charge in [-0.2, -0.15) is 0 Å². The van der Waals surface area contributed by atoms with Gasteiger partial charge in [-0.3, -0.25) is 0 Å². The molecule has 0 radical (unpaired) electrons. The molecule has 4 rings (SSSR count). The fourth-order valence-electron chi connectivity index (χ4n) is 4.51. The van der Waals surface area contributed by atoms with E-state index in [0.717, 1.165) is 5.92 Å². The van der Waals surface area contributed by atoms with Gasteiger partial charge >= 0.3 is 7.12 Å². The summed E-state index contributed by atoms with van der Waals surface area (Å²) in [7, 11) is 0.0385. The first kappa shape index (κ1) is 13.0. The van der Waals surface area contributed by atoms with Crippen LogP contribution in [0.2, 0.25) is 5.31 Å². The van der Waals surface area contributed by atoms with E-state index in [-0.39, 0.29) is 18.3 Å². The van der Waals surface area contributed by atoms with Crippen LogP contribution < -0.4 is 0 Å². The van der Waals surface area contributed by atoms with Crippen LogP contribution in [0.15, 0.2) is 0 Å². The maximum Gasteiger partial charge on any atom is 0.464 e. The summed E-state index contributed by atoms with van der Waals surface area (Å²) in [6.45, 7) is 13.3. The summed E-state index contributed by atoms with van der Waals surface area (Å²) in [6.07, 6.45) is 5.37. The fraction of sp³-hybridized carbons (Fsp3) is 1.00. The van der Waals surface area contributed by atoms with Gasteiger partial charge in [-0.15, -0.1) is 0 Å². The van der Waals surface area contributed by atoms with E-state index in [1.165, 1.54) is 25.7 Å². The van der Waals surface area contributed by atoms with E-state index in [1.54, 1.807) is 0 Å². The summed E-state index contributed by atoms with van der Waals surface area (Å²) < 4.78 is 12.5. The molecule has 2 nitrogen and oxygen atoms in total. The highest BCUT2D eigenvalue weighted by Crippen LogP contribution is 2.82. The Hall–Kier alpha value is -0.0151. The smallest absolute Gasteiger partial charge is 0.403 e. The lowest BCUT2D eigenvalue weighted by Gasteiger charge is -2.72. The lowest BCUT2D eigenvalue weighted by Crippen LogP contribution is -2.64. The van der Waals surface area contributed by atoms with E-state index in [1.807, 2.05) is 0 Å². The highest BCUT2D eigenvalue weighted by molar-refractivity contribution is 6.51. The molecule has 102 valence electrons. The van der Waals surface area contributed by atoms with Crippen molar-refractivity contribution in [1.29, 1.82) is 0 Å². The molecule has 0 N–H and O–H groups in total. The summed E-state index contributed by atoms with van der Waals surface area (Å²) in [4.78, 5) is 0. The Balaban J connectivity index is 1.65. The summed E-state index contributed by atoms with van der Waals surface area (Å²) in [6, 6.07) is 0. The van der Waals surface area contributed by atoms with Crippen molar-refractivity contribution >= 4 is 7.12 Å². The molecule has 3 aliphatic carbocycles. The van der Waals surface area contributed by atoms with Gasteiger partial charge in [0.15, 0.2) is 0 Å². The van der Waals surface area contributed by atoms with Crippen molar-refractivity contribution in [3.63, 3.8) is 0 Å². The van der Waals surface area contributed by atoms with Gasteiger partial charge in [-0.05, 0) is 64.7 Å². The minimum absolute atomic E-state index is 0.0385. The van der Waals surface area contributed by atoms with Crippen LogP contribution in [0.25, 0.3) is 0 Å². The zero-order valence-electron chi connectivity index (χ0n) is 12.8. The molecule has 0 unspecified atom stereocenters. The number of rotatable bonds is 3. The second-order valence-corrected chi connectivity index (χ2v) is 8.58. The van der Waals surface area contributed by atoms with Crippen molar-refractivity contribution in [3.05, 3.63) is 0 Å². The van der Waals surface area contributed by atoms with Gasteiger partial charge in [-0.1, -0.05) is 13.8 Å². The monoisotopic (exact) mass is 250 g/mol. The van der Waals surface area contributed by atoms with Crippen LogP contribution in [0, 0.1) is 11.3 Å². The predicted octanol–water partition coefficient (Wildman–Crippen LogP) is 4.05. The number of hydrogen-bond donors (Lipinski definition) is 0. The molecule has 0 aromatic carbocycles. The van der Waals surface area contributed by atoms with E-state index >= 15 is 0 Å². The Kier molecular flexibility index (Phi) is 2.42. The van der Waals surface area contributed by atoms with Crippen LogP contribution in [-0.4, -0.2) is 18.3 Å². The van der Waals surface area contributed by atoms with Gasteiger partial charge in [0.05, 0.1) is 11.2 Å².